The van der Waals surface area contributed by atoms with Crippen LogP contribution < -0.4 is 14.2 Å². The van der Waals surface area contributed by atoms with Gasteiger partial charge in [0.2, 0.25) is 5.88 Å². The number of aromatic nitrogens is 1. The fourth-order valence-electron chi connectivity index (χ4n) is 3.51. The van der Waals surface area contributed by atoms with Crippen LogP contribution in [0.5, 0.6) is 17.4 Å². The molecule has 0 amide bonds. The maximum absolute atomic E-state index is 14.7. The Bertz CT molecular complexity index is 1160. The fraction of sp³-hybridized carbons (Fsp3) is 0.357. The molecule has 0 aliphatic carbocycles. The van der Waals surface area contributed by atoms with Gasteiger partial charge in [-0.3, -0.25) is 0 Å². The van der Waals surface area contributed by atoms with E-state index < -0.39 is 5.97 Å². The van der Waals surface area contributed by atoms with Gasteiger partial charge in [0.25, 0.3) is 0 Å². The summed E-state index contributed by atoms with van der Waals surface area (Å²) in [5.74, 6) is 0.806. The molecule has 0 bridgehead atoms. The Hall–Kier alpha value is -3.61. The number of pyridine rings is 1. The van der Waals surface area contributed by atoms with Gasteiger partial charge >= 0.3 is 5.97 Å². The van der Waals surface area contributed by atoms with E-state index in [0.29, 0.717) is 41.5 Å². The van der Waals surface area contributed by atoms with Crippen LogP contribution in [0, 0.1) is 11.2 Å². The molecule has 35 heavy (non-hydrogen) atoms. The molecule has 0 atom stereocenters. The minimum atomic E-state index is -0.419. The molecule has 1 heterocycles. The Kier molecular flexibility index (Phi) is 8.68. The smallest absolute Gasteiger partial charge is 0.344 e. The molecule has 6 nitrogen and oxygen atoms in total. The van der Waals surface area contributed by atoms with E-state index in [9.17, 15) is 9.18 Å². The molecule has 3 rings (SSSR count). The standard InChI is InChI=1S/C28H32FNO5/c1-6-33-27(31)18-34-21-9-7-8-19(14-21)17-35-26-13-11-22(25(30-26)16-28(2,3)4)23-15-20(32-5)10-12-24(23)29/h7-15H,6,16-18H2,1-5H3. The molecule has 3 aromatic rings. The number of methoxy groups -OCH3 is 1. The van der Waals surface area contributed by atoms with E-state index in [1.165, 1.54) is 6.07 Å². The third-order valence-electron chi connectivity index (χ3n) is 5.06. The summed E-state index contributed by atoms with van der Waals surface area (Å²) in [5, 5.41) is 0. The Balaban J connectivity index is 1.79. The summed E-state index contributed by atoms with van der Waals surface area (Å²) in [5.41, 5.74) is 2.68. The number of hydrogen-bond acceptors (Lipinski definition) is 6. The predicted octanol–water partition coefficient (Wildman–Crippen LogP) is 6.01. The van der Waals surface area contributed by atoms with Crippen LogP contribution in [0.1, 0.15) is 39.0 Å². The zero-order chi connectivity index (χ0) is 25.4. The minimum Gasteiger partial charge on any atom is -0.497 e. The number of hydrogen-bond donors (Lipinski definition) is 0. The number of carbonyl (C=O) groups is 1. The van der Waals surface area contributed by atoms with Crippen molar-refractivity contribution in [2.45, 2.75) is 40.7 Å². The van der Waals surface area contributed by atoms with Gasteiger partial charge in [-0.05, 0) is 60.7 Å². The first-order chi connectivity index (χ1) is 16.7. The van der Waals surface area contributed by atoms with E-state index in [2.05, 4.69) is 20.8 Å². The molecule has 7 heteroatoms. The van der Waals surface area contributed by atoms with Crippen molar-refractivity contribution < 1.29 is 28.1 Å². The van der Waals surface area contributed by atoms with Crippen molar-refractivity contribution in [1.29, 1.82) is 0 Å². The summed E-state index contributed by atoms with van der Waals surface area (Å²) < 4.78 is 36.3. The topological polar surface area (TPSA) is 66.9 Å². The second kappa shape index (κ2) is 11.7. The van der Waals surface area contributed by atoms with E-state index in [1.54, 1.807) is 44.4 Å². The molecule has 0 radical (unpaired) electrons. The summed E-state index contributed by atoms with van der Waals surface area (Å²) in [7, 11) is 1.55. The van der Waals surface area contributed by atoms with Gasteiger partial charge < -0.3 is 18.9 Å². The summed E-state index contributed by atoms with van der Waals surface area (Å²) in [6, 6.07) is 15.5. The monoisotopic (exact) mass is 481 g/mol. The van der Waals surface area contributed by atoms with E-state index in [4.69, 9.17) is 23.9 Å². The highest BCUT2D eigenvalue weighted by Crippen LogP contribution is 2.33. The second-order valence-electron chi connectivity index (χ2n) is 9.26. The highest BCUT2D eigenvalue weighted by molar-refractivity contribution is 5.71. The number of nitrogens with zero attached hydrogens (tertiary/aromatic N) is 1. The lowest BCUT2D eigenvalue weighted by Crippen LogP contribution is -2.14. The third kappa shape index (κ3) is 7.70. The first-order valence-electron chi connectivity index (χ1n) is 11.5. The predicted molar refractivity (Wildman–Crippen MR) is 132 cm³/mol. The first-order valence-corrected chi connectivity index (χ1v) is 11.5. The van der Waals surface area contributed by atoms with Gasteiger partial charge in [0.15, 0.2) is 6.61 Å². The van der Waals surface area contributed by atoms with Crippen molar-refractivity contribution in [2.24, 2.45) is 5.41 Å². The number of esters is 1. The number of halogens is 1. The van der Waals surface area contributed by atoms with Crippen molar-refractivity contribution in [1.82, 2.24) is 4.98 Å². The number of rotatable bonds is 10. The van der Waals surface area contributed by atoms with E-state index in [0.717, 1.165) is 11.3 Å². The second-order valence-corrected chi connectivity index (χ2v) is 9.26. The van der Waals surface area contributed by atoms with Crippen LogP contribution in [0.25, 0.3) is 11.1 Å². The first kappa shape index (κ1) is 26.0. The molecule has 0 saturated carbocycles. The lowest BCUT2D eigenvalue weighted by molar-refractivity contribution is -0.145. The molecule has 0 saturated heterocycles. The summed E-state index contributed by atoms with van der Waals surface area (Å²) >= 11 is 0. The summed E-state index contributed by atoms with van der Waals surface area (Å²) in [4.78, 5) is 16.2. The summed E-state index contributed by atoms with van der Waals surface area (Å²) in [6.45, 7) is 8.48. The molecular formula is C28H32FNO5. The Morgan fingerprint density at radius 1 is 0.971 bits per heavy atom. The van der Waals surface area contributed by atoms with Crippen LogP contribution >= 0.6 is 0 Å². The molecule has 0 N–H and O–H groups in total. The van der Waals surface area contributed by atoms with Gasteiger partial charge in [0.1, 0.15) is 23.9 Å². The maximum atomic E-state index is 14.7. The van der Waals surface area contributed by atoms with Crippen LogP contribution in [0.4, 0.5) is 4.39 Å². The largest absolute Gasteiger partial charge is 0.497 e. The number of benzene rings is 2. The van der Waals surface area contributed by atoms with Crippen LogP contribution in [-0.2, 0) is 22.6 Å². The number of ether oxygens (including phenoxy) is 4. The zero-order valence-electron chi connectivity index (χ0n) is 20.9. The van der Waals surface area contributed by atoms with Crippen molar-refractivity contribution >= 4 is 5.97 Å². The quantitative estimate of drug-likeness (QED) is 0.331. The maximum Gasteiger partial charge on any atom is 0.344 e. The molecule has 2 aromatic carbocycles. The van der Waals surface area contributed by atoms with E-state index >= 15 is 0 Å². The van der Waals surface area contributed by atoms with Crippen LogP contribution in [0.2, 0.25) is 0 Å². The van der Waals surface area contributed by atoms with Gasteiger partial charge in [0, 0.05) is 17.2 Å². The SMILES string of the molecule is CCOC(=O)COc1cccc(COc2ccc(-c3cc(OC)ccc3F)c(CC(C)(C)C)n2)c1. The molecule has 0 aliphatic heterocycles. The van der Waals surface area contributed by atoms with Crippen LogP contribution in [0.15, 0.2) is 54.6 Å². The average Bonchev–Trinajstić information content (AvgIpc) is 2.82. The van der Waals surface area contributed by atoms with Crippen LogP contribution in [-0.4, -0.2) is 31.3 Å². The van der Waals surface area contributed by atoms with E-state index in [1.807, 2.05) is 18.2 Å². The number of carbonyl (C=O) groups excluding carboxylic acids is 1. The Labute approximate surface area is 206 Å². The van der Waals surface area contributed by atoms with Crippen molar-refractivity contribution in [2.75, 3.05) is 20.3 Å². The molecule has 0 spiro atoms. The van der Waals surface area contributed by atoms with Gasteiger partial charge in [0.05, 0.1) is 19.4 Å². The highest BCUT2D eigenvalue weighted by Gasteiger charge is 2.19. The van der Waals surface area contributed by atoms with Gasteiger partial charge in [-0.2, -0.15) is 0 Å². The molecule has 1 aromatic heterocycles. The Morgan fingerprint density at radius 2 is 1.77 bits per heavy atom. The Morgan fingerprint density at radius 3 is 2.49 bits per heavy atom. The van der Waals surface area contributed by atoms with Gasteiger partial charge in [-0.1, -0.05) is 32.9 Å². The lowest BCUT2D eigenvalue weighted by atomic mass is 9.87. The van der Waals surface area contributed by atoms with Crippen molar-refractivity contribution in [3.63, 3.8) is 0 Å². The molecule has 186 valence electrons. The highest BCUT2D eigenvalue weighted by atomic mass is 19.1. The van der Waals surface area contributed by atoms with Crippen LogP contribution in [0.3, 0.4) is 0 Å². The van der Waals surface area contributed by atoms with Gasteiger partial charge in [-0.15, -0.1) is 0 Å². The molecular weight excluding hydrogens is 449 g/mol. The lowest BCUT2D eigenvalue weighted by Gasteiger charge is -2.21. The van der Waals surface area contributed by atoms with Crippen molar-refractivity contribution in [3.8, 4) is 28.5 Å². The van der Waals surface area contributed by atoms with E-state index in [-0.39, 0.29) is 24.4 Å². The normalized spacial score (nSPS) is 11.1. The fourth-order valence-corrected chi connectivity index (χ4v) is 3.51. The third-order valence-corrected chi connectivity index (χ3v) is 5.06. The minimum absolute atomic E-state index is 0.0691. The summed E-state index contributed by atoms with van der Waals surface area (Å²) in [6.07, 6.45) is 0.632. The van der Waals surface area contributed by atoms with Crippen molar-refractivity contribution in [3.05, 3.63) is 71.7 Å². The van der Waals surface area contributed by atoms with Gasteiger partial charge in [-0.25, -0.2) is 14.2 Å². The molecule has 0 aliphatic rings. The molecule has 0 unspecified atom stereocenters. The molecule has 0 fully saturated rings. The average molecular weight is 482 g/mol. The zero-order valence-corrected chi connectivity index (χ0v) is 20.9.